The Balaban J connectivity index is 2.62. The molecule has 0 unspecified atom stereocenters. The lowest BCUT2D eigenvalue weighted by atomic mass is 10.1. The van der Waals surface area contributed by atoms with Gasteiger partial charge in [0.05, 0.1) is 0 Å². The van der Waals surface area contributed by atoms with Crippen molar-refractivity contribution in [2.75, 3.05) is 0 Å². The van der Waals surface area contributed by atoms with E-state index in [4.69, 9.17) is 0 Å². The fourth-order valence-electron chi connectivity index (χ4n) is 0.0727. The van der Waals surface area contributed by atoms with Crippen LogP contribution in [-0.2, 0) is 0 Å². The maximum atomic E-state index is 10.8. The van der Waals surface area contributed by atoms with Crippen LogP contribution in [0.2, 0.25) is 0 Å². The molecule has 0 atom stereocenters. The molecule has 0 aromatic carbocycles. The third kappa shape index (κ3) is 3.73. The SMILES string of the molecule is C/C=C/[B]F. The second-order valence-electron chi connectivity index (χ2n) is 0.652. The molecule has 5 heavy (non-hydrogen) atoms. The lowest BCUT2D eigenvalue weighted by Gasteiger charge is -1.57. The molecular formula is C3H5BF. The number of allylic oxidation sites excluding steroid dienone is 1. The molecule has 0 saturated heterocycles. The van der Waals surface area contributed by atoms with Crippen LogP contribution in [0.5, 0.6) is 0 Å². The molecule has 0 fully saturated rings. The fourth-order valence-corrected chi connectivity index (χ4v) is 0.0727. The molecule has 0 saturated carbocycles. The van der Waals surface area contributed by atoms with E-state index in [9.17, 15) is 4.32 Å². The van der Waals surface area contributed by atoms with Crippen molar-refractivity contribution in [3.63, 3.8) is 0 Å². The van der Waals surface area contributed by atoms with Crippen molar-refractivity contribution >= 4 is 7.56 Å². The first-order valence-electron chi connectivity index (χ1n) is 1.46. The average Bonchev–Trinajstić information content (AvgIpc) is 1.41. The van der Waals surface area contributed by atoms with E-state index in [1.807, 2.05) is 0 Å². The predicted molar refractivity (Wildman–Crippen MR) is 21.7 cm³/mol. The van der Waals surface area contributed by atoms with Gasteiger partial charge in [-0.15, -0.1) is 0 Å². The van der Waals surface area contributed by atoms with Crippen molar-refractivity contribution in [2.45, 2.75) is 6.92 Å². The number of rotatable bonds is 1. The zero-order chi connectivity index (χ0) is 4.12. The molecular weight excluding hydrogens is 65.8 g/mol. The van der Waals surface area contributed by atoms with Crippen LogP contribution in [0.15, 0.2) is 12.1 Å². The molecule has 0 aliphatic carbocycles. The van der Waals surface area contributed by atoms with Gasteiger partial charge in [-0.25, -0.2) is 0 Å². The maximum absolute atomic E-state index is 10.8. The van der Waals surface area contributed by atoms with Gasteiger partial charge in [-0.3, -0.25) is 0 Å². The molecule has 0 nitrogen and oxygen atoms in total. The molecule has 1 radical (unpaired) electrons. The highest BCUT2D eigenvalue weighted by atomic mass is 19.1. The van der Waals surface area contributed by atoms with Gasteiger partial charge in [-0.1, -0.05) is 12.1 Å². The van der Waals surface area contributed by atoms with Gasteiger partial charge in [0, 0.05) is 0 Å². The standard InChI is InChI=1S/C3H5BF/c1-2-3-4-5/h2-3H,1H3/b3-2+. The minimum atomic E-state index is 0.500. The largest absolute Gasteiger partial charge is 0.383 e. The van der Waals surface area contributed by atoms with Gasteiger partial charge in [-0.2, -0.15) is 0 Å². The fraction of sp³-hybridized carbons (Fsp3) is 0.333. The van der Waals surface area contributed by atoms with Crippen LogP contribution in [0.25, 0.3) is 0 Å². The summed E-state index contributed by atoms with van der Waals surface area (Å²) >= 11 is 0. The highest BCUT2D eigenvalue weighted by Crippen LogP contribution is 1.63. The van der Waals surface area contributed by atoms with E-state index in [2.05, 4.69) is 0 Å². The van der Waals surface area contributed by atoms with E-state index in [1.165, 1.54) is 5.98 Å². The number of halogens is 1. The third-order valence-electron chi connectivity index (χ3n) is 0.265. The molecule has 0 amide bonds. The van der Waals surface area contributed by atoms with Crippen molar-refractivity contribution in [1.82, 2.24) is 0 Å². The summed E-state index contributed by atoms with van der Waals surface area (Å²) < 4.78 is 10.8. The van der Waals surface area contributed by atoms with Crippen LogP contribution in [0.1, 0.15) is 6.92 Å². The number of hydrogen-bond acceptors (Lipinski definition) is 0. The van der Waals surface area contributed by atoms with Gasteiger partial charge in [0.1, 0.15) is 0 Å². The lowest BCUT2D eigenvalue weighted by Crippen LogP contribution is -1.61. The van der Waals surface area contributed by atoms with E-state index in [1.54, 1.807) is 13.0 Å². The van der Waals surface area contributed by atoms with Crippen LogP contribution in [-0.4, -0.2) is 7.56 Å². The topological polar surface area (TPSA) is 0 Å². The van der Waals surface area contributed by atoms with Gasteiger partial charge in [0.25, 0.3) is 0 Å². The number of hydrogen-bond donors (Lipinski definition) is 0. The Morgan fingerprint density at radius 1 is 1.80 bits per heavy atom. The Morgan fingerprint density at radius 2 is 2.40 bits per heavy atom. The summed E-state index contributed by atoms with van der Waals surface area (Å²) in [5, 5.41) is 0. The maximum Gasteiger partial charge on any atom is 0.383 e. The van der Waals surface area contributed by atoms with Crippen LogP contribution in [0, 0.1) is 0 Å². The summed E-state index contributed by atoms with van der Waals surface area (Å²) in [4.78, 5) is 0. The molecule has 2 heteroatoms. The molecule has 0 aliphatic heterocycles. The molecule has 0 rings (SSSR count). The Morgan fingerprint density at radius 3 is 2.40 bits per heavy atom. The van der Waals surface area contributed by atoms with Crippen LogP contribution in [0.4, 0.5) is 4.32 Å². The summed E-state index contributed by atoms with van der Waals surface area (Å²) in [6.45, 7) is 1.76. The Kier molecular flexibility index (Phi) is 3.54. The van der Waals surface area contributed by atoms with Crippen molar-refractivity contribution < 1.29 is 4.32 Å². The summed E-state index contributed by atoms with van der Waals surface area (Å²) in [6.07, 6.45) is 1.62. The molecule has 0 spiro atoms. The normalized spacial score (nSPS) is 9.20. The van der Waals surface area contributed by atoms with Gasteiger partial charge < -0.3 is 4.32 Å². The Hall–Kier alpha value is -0.265. The minimum Gasteiger partial charge on any atom is -0.336 e. The summed E-state index contributed by atoms with van der Waals surface area (Å²) in [5.74, 6) is 1.33. The summed E-state index contributed by atoms with van der Waals surface area (Å²) in [6, 6.07) is 0. The second-order valence-corrected chi connectivity index (χ2v) is 0.652. The summed E-state index contributed by atoms with van der Waals surface area (Å²) in [7, 11) is 0.500. The van der Waals surface area contributed by atoms with Gasteiger partial charge in [0.2, 0.25) is 0 Å². The highest BCUT2D eigenvalue weighted by molar-refractivity contribution is 6.33. The van der Waals surface area contributed by atoms with Gasteiger partial charge >= 0.3 is 7.56 Å². The van der Waals surface area contributed by atoms with Crippen molar-refractivity contribution in [3.8, 4) is 0 Å². The first-order valence-corrected chi connectivity index (χ1v) is 1.46. The van der Waals surface area contributed by atoms with Crippen molar-refractivity contribution in [3.05, 3.63) is 12.1 Å². The van der Waals surface area contributed by atoms with Crippen LogP contribution in [0.3, 0.4) is 0 Å². The van der Waals surface area contributed by atoms with Crippen LogP contribution >= 0.6 is 0 Å². The predicted octanol–water partition coefficient (Wildman–Crippen LogP) is 1.11. The van der Waals surface area contributed by atoms with E-state index in [0.29, 0.717) is 7.56 Å². The second kappa shape index (κ2) is 3.73. The molecule has 0 aliphatic rings. The quantitative estimate of drug-likeness (QED) is 0.406. The van der Waals surface area contributed by atoms with Gasteiger partial charge in [0.15, 0.2) is 0 Å². The smallest absolute Gasteiger partial charge is 0.336 e. The lowest BCUT2D eigenvalue weighted by molar-refractivity contribution is 0.883. The van der Waals surface area contributed by atoms with E-state index >= 15 is 0 Å². The Bertz CT molecular complexity index is 33.9. The molecule has 0 heterocycles. The zero-order valence-electron chi connectivity index (χ0n) is 3.11. The zero-order valence-corrected chi connectivity index (χ0v) is 3.11. The highest BCUT2D eigenvalue weighted by Gasteiger charge is 1.65. The van der Waals surface area contributed by atoms with E-state index in [0.717, 1.165) is 0 Å². The van der Waals surface area contributed by atoms with Crippen molar-refractivity contribution in [1.29, 1.82) is 0 Å². The molecule has 0 aromatic rings. The summed E-state index contributed by atoms with van der Waals surface area (Å²) in [5.41, 5.74) is 0. The molecule has 27 valence electrons. The molecule has 0 aromatic heterocycles. The minimum absolute atomic E-state index is 0.500. The average molecular weight is 70.9 g/mol. The Labute approximate surface area is 32.0 Å². The van der Waals surface area contributed by atoms with Gasteiger partial charge in [-0.05, 0) is 6.92 Å². The van der Waals surface area contributed by atoms with E-state index in [-0.39, 0.29) is 0 Å². The molecule has 0 bridgehead atoms. The van der Waals surface area contributed by atoms with Crippen LogP contribution < -0.4 is 0 Å². The molecule has 0 N–H and O–H groups in total. The van der Waals surface area contributed by atoms with Crippen molar-refractivity contribution in [2.24, 2.45) is 0 Å². The van der Waals surface area contributed by atoms with E-state index < -0.39 is 0 Å². The third-order valence-corrected chi connectivity index (χ3v) is 0.265. The monoisotopic (exact) mass is 71.0 g/mol. The first kappa shape index (κ1) is 4.73. The first-order chi connectivity index (χ1) is 2.41.